The van der Waals surface area contributed by atoms with Gasteiger partial charge in [-0.15, -0.1) is 0 Å². The lowest BCUT2D eigenvalue weighted by molar-refractivity contribution is 0.508. The monoisotopic (exact) mass is 259 g/mol. The summed E-state index contributed by atoms with van der Waals surface area (Å²) in [7, 11) is 0. The molecule has 0 amide bonds. The van der Waals surface area contributed by atoms with Crippen LogP contribution in [0, 0.1) is 5.82 Å². The molecule has 0 aliphatic carbocycles. The van der Waals surface area contributed by atoms with Crippen LogP contribution in [0.4, 0.5) is 4.39 Å². The van der Waals surface area contributed by atoms with Gasteiger partial charge in [-0.2, -0.15) is 0 Å². The van der Waals surface area contributed by atoms with Crippen LogP contribution in [0.25, 0.3) is 0 Å². The highest BCUT2D eigenvalue weighted by atomic mass is 19.1. The average molecular weight is 259 g/mol. The van der Waals surface area contributed by atoms with Crippen molar-refractivity contribution in [1.29, 1.82) is 0 Å². The molecular weight excluding hydrogens is 241 g/mol. The highest BCUT2D eigenvalue weighted by molar-refractivity contribution is 5.17. The lowest BCUT2D eigenvalue weighted by Gasteiger charge is -2.18. The van der Waals surface area contributed by atoms with Gasteiger partial charge in [-0.25, -0.2) is 4.39 Å². The second-order valence-electron chi connectivity index (χ2n) is 4.44. The molecule has 19 heavy (non-hydrogen) atoms. The fourth-order valence-corrected chi connectivity index (χ4v) is 2.11. The largest absolute Gasteiger partial charge is 0.310 e. The summed E-state index contributed by atoms with van der Waals surface area (Å²) in [5, 5.41) is 3.37. The Hall–Kier alpha value is -1.81. The van der Waals surface area contributed by atoms with Gasteiger partial charge < -0.3 is 5.32 Å². The molecular formula is C15H18FN3. The maximum atomic E-state index is 13.2. The summed E-state index contributed by atoms with van der Waals surface area (Å²) < 4.78 is 13.2. The summed E-state index contributed by atoms with van der Waals surface area (Å²) >= 11 is 0. The van der Waals surface area contributed by atoms with E-state index in [0.717, 1.165) is 24.9 Å². The van der Waals surface area contributed by atoms with Gasteiger partial charge in [-0.3, -0.25) is 9.97 Å². The molecule has 2 aromatic heterocycles. The second kappa shape index (κ2) is 6.95. The fourth-order valence-electron chi connectivity index (χ4n) is 2.11. The van der Waals surface area contributed by atoms with Crippen molar-refractivity contribution in [2.45, 2.75) is 25.8 Å². The third-order valence-corrected chi connectivity index (χ3v) is 3.05. The predicted octanol–water partition coefficient (Wildman–Crippen LogP) is 2.90. The van der Waals surface area contributed by atoms with E-state index in [4.69, 9.17) is 0 Å². The van der Waals surface area contributed by atoms with E-state index in [9.17, 15) is 4.39 Å². The maximum absolute atomic E-state index is 13.2. The van der Waals surface area contributed by atoms with Crippen molar-refractivity contribution in [3.8, 4) is 0 Å². The molecule has 2 aromatic rings. The molecule has 0 aliphatic rings. The van der Waals surface area contributed by atoms with Crippen LogP contribution >= 0.6 is 0 Å². The van der Waals surface area contributed by atoms with E-state index in [0.29, 0.717) is 0 Å². The molecule has 0 saturated carbocycles. The second-order valence-corrected chi connectivity index (χ2v) is 4.44. The van der Waals surface area contributed by atoms with Crippen LogP contribution in [0.2, 0.25) is 0 Å². The normalized spacial score (nSPS) is 12.3. The van der Waals surface area contributed by atoms with Gasteiger partial charge in [0.05, 0.1) is 6.20 Å². The molecule has 0 aromatic carbocycles. The number of nitrogens with one attached hydrogen (secondary N) is 1. The van der Waals surface area contributed by atoms with E-state index in [1.807, 2.05) is 19.1 Å². The van der Waals surface area contributed by atoms with Crippen LogP contribution < -0.4 is 5.32 Å². The Morgan fingerprint density at radius 1 is 1.21 bits per heavy atom. The first-order valence-corrected chi connectivity index (χ1v) is 6.52. The lowest BCUT2D eigenvalue weighted by Crippen LogP contribution is -2.21. The van der Waals surface area contributed by atoms with Crippen LogP contribution in [0.5, 0.6) is 0 Å². The fraction of sp³-hybridized carbons (Fsp3) is 0.333. The SMILES string of the molecule is CCNC(CCc1ccncc1)c1cncc(F)c1. The molecule has 1 atom stereocenters. The highest BCUT2D eigenvalue weighted by Gasteiger charge is 2.11. The summed E-state index contributed by atoms with van der Waals surface area (Å²) in [5.74, 6) is -0.288. The smallest absolute Gasteiger partial charge is 0.141 e. The Balaban J connectivity index is 2.04. The Labute approximate surface area is 112 Å². The Morgan fingerprint density at radius 2 is 2.00 bits per heavy atom. The molecule has 2 rings (SSSR count). The number of nitrogens with zero attached hydrogens (tertiary/aromatic N) is 2. The Morgan fingerprint density at radius 3 is 2.68 bits per heavy atom. The van der Waals surface area contributed by atoms with Gasteiger partial charge in [0.1, 0.15) is 5.82 Å². The number of aryl methyl sites for hydroxylation is 1. The quantitative estimate of drug-likeness (QED) is 0.866. The summed E-state index contributed by atoms with van der Waals surface area (Å²) in [5.41, 5.74) is 2.14. The van der Waals surface area contributed by atoms with Gasteiger partial charge in [0, 0.05) is 24.6 Å². The maximum Gasteiger partial charge on any atom is 0.141 e. The zero-order chi connectivity index (χ0) is 13.5. The third-order valence-electron chi connectivity index (χ3n) is 3.05. The van der Waals surface area contributed by atoms with E-state index < -0.39 is 0 Å². The standard InChI is InChI=1S/C15H18FN3/c1-2-19-15(13-9-14(16)11-18-10-13)4-3-12-5-7-17-8-6-12/h5-11,15,19H,2-4H2,1H3. The summed E-state index contributed by atoms with van der Waals surface area (Å²) in [6.07, 6.45) is 8.38. The number of pyridine rings is 2. The molecule has 0 radical (unpaired) electrons. The van der Waals surface area contributed by atoms with Gasteiger partial charge in [-0.05, 0) is 48.7 Å². The molecule has 2 heterocycles. The minimum Gasteiger partial charge on any atom is -0.310 e. The third kappa shape index (κ3) is 4.10. The molecule has 100 valence electrons. The number of hydrogen-bond acceptors (Lipinski definition) is 3. The van der Waals surface area contributed by atoms with E-state index in [1.165, 1.54) is 11.8 Å². The first-order valence-electron chi connectivity index (χ1n) is 6.52. The van der Waals surface area contributed by atoms with Crippen molar-refractivity contribution < 1.29 is 4.39 Å². The molecule has 0 aliphatic heterocycles. The molecule has 3 nitrogen and oxygen atoms in total. The molecule has 0 fully saturated rings. The van der Waals surface area contributed by atoms with Crippen LogP contribution in [-0.2, 0) is 6.42 Å². The van der Waals surface area contributed by atoms with Crippen LogP contribution in [0.1, 0.15) is 30.5 Å². The van der Waals surface area contributed by atoms with Gasteiger partial charge in [-0.1, -0.05) is 6.92 Å². The lowest BCUT2D eigenvalue weighted by atomic mass is 10.0. The molecule has 1 N–H and O–H groups in total. The van der Waals surface area contributed by atoms with Crippen molar-refractivity contribution in [3.63, 3.8) is 0 Å². The highest BCUT2D eigenvalue weighted by Crippen LogP contribution is 2.19. The summed E-state index contributed by atoms with van der Waals surface area (Å²) in [6.45, 7) is 2.89. The first-order chi connectivity index (χ1) is 9.29. The van der Waals surface area contributed by atoms with E-state index in [2.05, 4.69) is 15.3 Å². The minimum absolute atomic E-state index is 0.126. The van der Waals surface area contributed by atoms with Crippen molar-refractivity contribution in [2.75, 3.05) is 6.54 Å². The Kier molecular flexibility index (Phi) is 4.98. The zero-order valence-corrected chi connectivity index (χ0v) is 11.0. The molecule has 0 spiro atoms. The zero-order valence-electron chi connectivity index (χ0n) is 11.0. The van der Waals surface area contributed by atoms with Crippen LogP contribution in [-0.4, -0.2) is 16.5 Å². The first kappa shape index (κ1) is 13.6. The average Bonchev–Trinajstić information content (AvgIpc) is 2.44. The minimum atomic E-state index is -0.288. The number of aromatic nitrogens is 2. The van der Waals surface area contributed by atoms with Crippen molar-refractivity contribution in [1.82, 2.24) is 15.3 Å². The van der Waals surface area contributed by atoms with E-state index in [1.54, 1.807) is 24.7 Å². The predicted molar refractivity (Wildman–Crippen MR) is 73.2 cm³/mol. The van der Waals surface area contributed by atoms with Gasteiger partial charge >= 0.3 is 0 Å². The Bertz CT molecular complexity index is 502. The van der Waals surface area contributed by atoms with Crippen molar-refractivity contribution in [2.24, 2.45) is 0 Å². The van der Waals surface area contributed by atoms with Gasteiger partial charge in [0.25, 0.3) is 0 Å². The molecule has 0 bridgehead atoms. The van der Waals surface area contributed by atoms with Crippen molar-refractivity contribution >= 4 is 0 Å². The van der Waals surface area contributed by atoms with Crippen LogP contribution in [0.3, 0.4) is 0 Å². The molecule has 1 unspecified atom stereocenters. The van der Waals surface area contributed by atoms with Crippen LogP contribution in [0.15, 0.2) is 43.0 Å². The number of rotatable bonds is 6. The number of halogens is 1. The van der Waals surface area contributed by atoms with Gasteiger partial charge in [0.15, 0.2) is 0 Å². The van der Waals surface area contributed by atoms with Crippen molar-refractivity contribution in [3.05, 3.63) is 59.9 Å². The summed E-state index contributed by atoms with van der Waals surface area (Å²) in [6, 6.07) is 5.69. The van der Waals surface area contributed by atoms with Gasteiger partial charge in [0.2, 0.25) is 0 Å². The molecule has 0 saturated heterocycles. The number of hydrogen-bond donors (Lipinski definition) is 1. The van der Waals surface area contributed by atoms with E-state index >= 15 is 0 Å². The summed E-state index contributed by atoms with van der Waals surface area (Å²) in [4.78, 5) is 7.92. The molecule has 4 heteroatoms. The topological polar surface area (TPSA) is 37.8 Å². The van der Waals surface area contributed by atoms with E-state index in [-0.39, 0.29) is 11.9 Å².